The molecule has 1 aromatic heterocycles. The molecule has 0 bridgehead atoms. The fourth-order valence-corrected chi connectivity index (χ4v) is 1.34. The van der Waals surface area contributed by atoms with Crippen LogP contribution in [0.3, 0.4) is 0 Å². The van der Waals surface area contributed by atoms with Crippen molar-refractivity contribution in [3.05, 3.63) is 29.6 Å². The SMILES string of the molecule is CCC(N)CCNC(=O)c1cccc(C)n1. The summed E-state index contributed by atoms with van der Waals surface area (Å²) < 4.78 is 0. The van der Waals surface area contributed by atoms with Gasteiger partial charge in [0.2, 0.25) is 0 Å². The van der Waals surface area contributed by atoms with Crippen LogP contribution in [0.5, 0.6) is 0 Å². The number of nitrogens with two attached hydrogens (primary N) is 1. The minimum absolute atomic E-state index is 0.132. The van der Waals surface area contributed by atoms with Gasteiger partial charge >= 0.3 is 0 Å². The maximum absolute atomic E-state index is 11.7. The molecule has 0 aromatic carbocycles. The molecule has 4 nitrogen and oxygen atoms in total. The lowest BCUT2D eigenvalue weighted by atomic mass is 10.2. The van der Waals surface area contributed by atoms with Crippen molar-refractivity contribution in [2.24, 2.45) is 5.73 Å². The van der Waals surface area contributed by atoms with E-state index in [9.17, 15) is 4.79 Å². The third kappa shape index (κ3) is 3.98. The highest BCUT2D eigenvalue weighted by molar-refractivity contribution is 5.92. The van der Waals surface area contributed by atoms with Crippen molar-refractivity contribution >= 4 is 5.91 Å². The number of nitrogens with one attached hydrogen (secondary N) is 1. The Morgan fingerprint density at radius 3 is 2.94 bits per heavy atom. The molecule has 0 aliphatic heterocycles. The van der Waals surface area contributed by atoms with E-state index in [1.54, 1.807) is 6.07 Å². The number of pyridine rings is 1. The molecular weight excluding hydrogens is 202 g/mol. The van der Waals surface area contributed by atoms with E-state index in [1.807, 2.05) is 26.0 Å². The maximum atomic E-state index is 11.7. The fourth-order valence-electron chi connectivity index (χ4n) is 1.34. The molecule has 0 aliphatic rings. The summed E-state index contributed by atoms with van der Waals surface area (Å²) in [4.78, 5) is 15.8. The number of rotatable bonds is 5. The van der Waals surface area contributed by atoms with Gasteiger partial charge in [0, 0.05) is 18.3 Å². The van der Waals surface area contributed by atoms with Crippen molar-refractivity contribution in [3.63, 3.8) is 0 Å². The molecule has 0 aliphatic carbocycles. The van der Waals surface area contributed by atoms with Crippen molar-refractivity contribution in [1.29, 1.82) is 0 Å². The summed E-state index contributed by atoms with van der Waals surface area (Å²) >= 11 is 0. The standard InChI is InChI=1S/C12H19N3O/c1-3-10(13)7-8-14-12(16)11-6-4-5-9(2)15-11/h4-6,10H,3,7-8,13H2,1-2H3,(H,14,16). The highest BCUT2D eigenvalue weighted by Crippen LogP contribution is 1.98. The predicted octanol–water partition coefficient (Wildman–Crippen LogP) is 1.25. The molecule has 4 heteroatoms. The van der Waals surface area contributed by atoms with Crippen LogP contribution in [0, 0.1) is 6.92 Å². The van der Waals surface area contributed by atoms with Crippen LogP contribution >= 0.6 is 0 Å². The number of hydrogen-bond acceptors (Lipinski definition) is 3. The van der Waals surface area contributed by atoms with E-state index in [-0.39, 0.29) is 11.9 Å². The lowest BCUT2D eigenvalue weighted by Gasteiger charge is -2.09. The molecule has 3 N–H and O–H groups in total. The molecule has 1 heterocycles. The van der Waals surface area contributed by atoms with Gasteiger partial charge in [-0.3, -0.25) is 4.79 Å². The maximum Gasteiger partial charge on any atom is 0.269 e. The number of aromatic nitrogens is 1. The smallest absolute Gasteiger partial charge is 0.269 e. The van der Waals surface area contributed by atoms with Gasteiger partial charge in [0.05, 0.1) is 0 Å². The first-order chi connectivity index (χ1) is 7.63. The van der Waals surface area contributed by atoms with Crippen molar-refractivity contribution in [1.82, 2.24) is 10.3 Å². The van der Waals surface area contributed by atoms with E-state index in [4.69, 9.17) is 5.73 Å². The zero-order valence-corrected chi connectivity index (χ0v) is 9.86. The van der Waals surface area contributed by atoms with Gasteiger partial charge < -0.3 is 11.1 Å². The molecule has 0 saturated heterocycles. The van der Waals surface area contributed by atoms with Gasteiger partial charge in [-0.25, -0.2) is 4.98 Å². The molecule has 1 aromatic rings. The van der Waals surface area contributed by atoms with Gasteiger partial charge in [-0.05, 0) is 31.9 Å². The molecule has 0 radical (unpaired) electrons. The monoisotopic (exact) mass is 221 g/mol. The van der Waals surface area contributed by atoms with Gasteiger partial charge in [0.1, 0.15) is 5.69 Å². The summed E-state index contributed by atoms with van der Waals surface area (Å²) in [5.41, 5.74) is 7.06. The largest absolute Gasteiger partial charge is 0.351 e. The summed E-state index contributed by atoms with van der Waals surface area (Å²) in [6.45, 7) is 4.50. The van der Waals surface area contributed by atoms with Crippen LogP contribution in [-0.4, -0.2) is 23.5 Å². The number of aryl methyl sites for hydroxylation is 1. The Hall–Kier alpha value is -1.42. The first-order valence-corrected chi connectivity index (χ1v) is 5.61. The zero-order chi connectivity index (χ0) is 12.0. The number of hydrogen-bond donors (Lipinski definition) is 2. The lowest BCUT2D eigenvalue weighted by molar-refractivity contribution is 0.0947. The number of amides is 1. The number of carbonyl (C=O) groups excluding carboxylic acids is 1. The Balaban J connectivity index is 2.41. The second kappa shape index (κ2) is 6.23. The predicted molar refractivity (Wildman–Crippen MR) is 64.2 cm³/mol. The van der Waals surface area contributed by atoms with Crippen molar-refractivity contribution < 1.29 is 4.79 Å². The quantitative estimate of drug-likeness (QED) is 0.786. The molecule has 0 spiro atoms. The molecule has 0 fully saturated rings. The molecule has 16 heavy (non-hydrogen) atoms. The van der Waals surface area contributed by atoms with Crippen LogP contribution in [0.25, 0.3) is 0 Å². The van der Waals surface area contributed by atoms with Crippen LogP contribution in [0.1, 0.15) is 35.9 Å². The van der Waals surface area contributed by atoms with Gasteiger partial charge in [0.15, 0.2) is 0 Å². The summed E-state index contributed by atoms with van der Waals surface area (Å²) in [5, 5.41) is 2.81. The van der Waals surface area contributed by atoms with E-state index in [2.05, 4.69) is 10.3 Å². The topological polar surface area (TPSA) is 68.0 Å². The number of carbonyl (C=O) groups is 1. The normalized spacial score (nSPS) is 12.2. The average molecular weight is 221 g/mol. The minimum Gasteiger partial charge on any atom is -0.351 e. The van der Waals surface area contributed by atoms with E-state index in [0.29, 0.717) is 12.2 Å². The van der Waals surface area contributed by atoms with Crippen LogP contribution in [0.4, 0.5) is 0 Å². The summed E-state index contributed by atoms with van der Waals surface area (Å²) in [5.74, 6) is -0.132. The lowest BCUT2D eigenvalue weighted by Crippen LogP contribution is -2.30. The zero-order valence-electron chi connectivity index (χ0n) is 9.86. The fraction of sp³-hybridized carbons (Fsp3) is 0.500. The van der Waals surface area contributed by atoms with Gasteiger partial charge in [-0.2, -0.15) is 0 Å². The Bertz CT molecular complexity index is 352. The van der Waals surface area contributed by atoms with Crippen molar-refractivity contribution in [2.45, 2.75) is 32.7 Å². The Morgan fingerprint density at radius 1 is 1.56 bits per heavy atom. The van der Waals surface area contributed by atoms with E-state index in [1.165, 1.54) is 0 Å². The van der Waals surface area contributed by atoms with E-state index in [0.717, 1.165) is 18.5 Å². The molecule has 1 amide bonds. The highest BCUT2D eigenvalue weighted by Gasteiger charge is 2.06. The van der Waals surface area contributed by atoms with Gasteiger partial charge in [-0.1, -0.05) is 13.0 Å². The number of nitrogens with zero attached hydrogens (tertiary/aromatic N) is 1. The van der Waals surface area contributed by atoms with Crippen LogP contribution in [-0.2, 0) is 0 Å². The highest BCUT2D eigenvalue weighted by atomic mass is 16.1. The van der Waals surface area contributed by atoms with Gasteiger partial charge in [-0.15, -0.1) is 0 Å². The summed E-state index contributed by atoms with van der Waals surface area (Å²) in [7, 11) is 0. The minimum atomic E-state index is -0.132. The second-order valence-corrected chi connectivity index (χ2v) is 3.88. The summed E-state index contributed by atoms with van der Waals surface area (Å²) in [6.07, 6.45) is 1.73. The second-order valence-electron chi connectivity index (χ2n) is 3.88. The molecular formula is C12H19N3O. The first kappa shape index (κ1) is 12.6. The third-order valence-electron chi connectivity index (χ3n) is 2.45. The molecule has 0 saturated carbocycles. The molecule has 88 valence electrons. The summed E-state index contributed by atoms with van der Waals surface area (Å²) in [6, 6.07) is 5.56. The third-order valence-corrected chi connectivity index (χ3v) is 2.45. The van der Waals surface area contributed by atoms with Crippen molar-refractivity contribution in [3.8, 4) is 0 Å². The Labute approximate surface area is 96.3 Å². The average Bonchev–Trinajstić information content (AvgIpc) is 2.28. The Kier molecular flexibility index (Phi) is 4.92. The van der Waals surface area contributed by atoms with E-state index < -0.39 is 0 Å². The van der Waals surface area contributed by atoms with Crippen LogP contribution in [0.15, 0.2) is 18.2 Å². The molecule has 1 unspecified atom stereocenters. The van der Waals surface area contributed by atoms with Crippen LogP contribution < -0.4 is 11.1 Å². The molecule has 1 atom stereocenters. The van der Waals surface area contributed by atoms with Crippen LogP contribution in [0.2, 0.25) is 0 Å². The van der Waals surface area contributed by atoms with E-state index >= 15 is 0 Å². The first-order valence-electron chi connectivity index (χ1n) is 5.61. The molecule has 1 rings (SSSR count). The Morgan fingerprint density at radius 2 is 2.31 bits per heavy atom. The van der Waals surface area contributed by atoms with Gasteiger partial charge in [0.25, 0.3) is 5.91 Å². The van der Waals surface area contributed by atoms with Crippen molar-refractivity contribution in [2.75, 3.05) is 6.54 Å².